The highest BCUT2D eigenvalue weighted by Gasteiger charge is 2.57. The molecule has 148 valence electrons. The van der Waals surface area contributed by atoms with Crippen molar-refractivity contribution in [1.29, 1.82) is 0 Å². The second-order valence-electron chi connectivity index (χ2n) is 9.21. The Bertz CT molecular complexity index is 432. The summed E-state index contributed by atoms with van der Waals surface area (Å²) in [6.45, 7) is 22.4. The van der Waals surface area contributed by atoms with Crippen LogP contribution in [0, 0.1) is 0 Å². The average Bonchev–Trinajstić information content (AvgIpc) is 2.28. The van der Waals surface area contributed by atoms with E-state index in [9.17, 15) is 4.79 Å². The lowest BCUT2D eigenvalue weighted by Gasteiger charge is -2.39. The Kier molecular flexibility index (Phi) is 9.23. The molecule has 0 atom stereocenters. The molecule has 0 aliphatic rings. The fourth-order valence-electron chi connectivity index (χ4n) is 1.89. The lowest BCUT2D eigenvalue weighted by atomic mass is 10.2. The van der Waals surface area contributed by atoms with E-state index < -0.39 is 40.0 Å². The van der Waals surface area contributed by atoms with Crippen molar-refractivity contribution in [2.75, 3.05) is 0 Å². The van der Waals surface area contributed by atoms with Gasteiger partial charge in [0.2, 0.25) is 0 Å². The maximum atomic E-state index is 12.7. The van der Waals surface area contributed by atoms with Crippen LogP contribution in [0.1, 0.15) is 26.7 Å². The summed E-state index contributed by atoms with van der Waals surface area (Å²) in [5.74, 6) is -0.394. The van der Waals surface area contributed by atoms with Crippen molar-refractivity contribution in [3.8, 4) is 0 Å². The minimum absolute atomic E-state index is 0.394. The third kappa shape index (κ3) is 12.1. The summed E-state index contributed by atoms with van der Waals surface area (Å²) in [6.07, 6.45) is 3.72. The van der Waals surface area contributed by atoms with Crippen LogP contribution in [0.15, 0.2) is 11.6 Å². The van der Waals surface area contributed by atoms with E-state index in [2.05, 4.69) is 65.8 Å². The first-order chi connectivity index (χ1) is 11.0. The smallest absolute Gasteiger partial charge is 0.450 e. The molecular formula is C16H38O5Si4. The molecule has 0 aromatic heterocycles. The molecule has 5 nitrogen and oxygen atoms in total. The molecule has 0 aliphatic heterocycles. The number of unbranched alkanes of at least 4 members (excludes halogenated alkanes) is 1. The van der Waals surface area contributed by atoms with Crippen LogP contribution in [-0.4, -0.2) is 40.0 Å². The molecule has 0 spiro atoms. The van der Waals surface area contributed by atoms with Crippen LogP contribution < -0.4 is 0 Å². The molecule has 0 bridgehead atoms. The van der Waals surface area contributed by atoms with E-state index >= 15 is 0 Å². The summed E-state index contributed by atoms with van der Waals surface area (Å²) >= 11 is 0. The van der Waals surface area contributed by atoms with Gasteiger partial charge in [-0.05, 0) is 72.3 Å². The van der Waals surface area contributed by atoms with Gasteiger partial charge in [-0.2, -0.15) is 0 Å². The van der Waals surface area contributed by atoms with Crippen molar-refractivity contribution in [2.24, 2.45) is 0 Å². The molecule has 0 saturated heterocycles. The molecule has 0 N–H and O–H groups in total. The van der Waals surface area contributed by atoms with E-state index in [1.807, 2.05) is 6.08 Å². The van der Waals surface area contributed by atoms with E-state index in [1.165, 1.54) is 0 Å². The maximum absolute atomic E-state index is 12.7. The molecule has 0 aromatic carbocycles. The molecule has 9 heteroatoms. The van der Waals surface area contributed by atoms with E-state index in [1.54, 1.807) is 6.92 Å². The molecule has 0 aromatic rings. The number of carbonyl (C=O) groups excluding carboxylic acids is 1. The standard InChI is InChI=1S/C16H38O5Si4/c1-12-13-14-15(2)16(17)18-25(19-22(3,4)5,20-23(6,7)8)21-24(9,10)11/h14H,12-13H2,1-11H3. The van der Waals surface area contributed by atoms with Gasteiger partial charge in [-0.1, -0.05) is 19.4 Å². The Morgan fingerprint density at radius 3 is 1.44 bits per heavy atom. The maximum Gasteiger partial charge on any atom is 0.719 e. The summed E-state index contributed by atoms with van der Waals surface area (Å²) in [4.78, 5) is 12.7. The Morgan fingerprint density at radius 1 is 0.800 bits per heavy atom. The van der Waals surface area contributed by atoms with E-state index in [4.69, 9.17) is 16.8 Å². The van der Waals surface area contributed by atoms with Crippen LogP contribution >= 0.6 is 0 Å². The highest BCUT2D eigenvalue weighted by Crippen LogP contribution is 2.27. The molecule has 0 aliphatic carbocycles. The van der Waals surface area contributed by atoms with Crippen LogP contribution in [0.4, 0.5) is 0 Å². The fraction of sp³-hybridized carbons (Fsp3) is 0.812. The Hall–Kier alpha value is -0.0425. The van der Waals surface area contributed by atoms with Gasteiger partial charge < -0.3 is 16.8 Å². The number of allylic oxidation sites excluding steroid dienone is 1. The van der Waals surface area contributed by atoms with Crippen molar-refractivity contribution >= 4 is 40.0 Å². The van der Waals surface area contributed by atoms with Crippen molar-refractivity contribution in [2.45, 2.75) is 85.6 Å². The zero-order valence-electron chi connectivity index (χ0n) is 18.0. The van der Waals surface area contributed by atoms with Gasteiger partial charge in [0.05, 0.1) is 0 Å². The number of rotatable bonds is 10. The Balaban J connectivity index is 5.84. The summed E-state index contributed by atoms with van der Waals surface area (Å²) in [5.41, 5.74) is 0.580. The second kappa shape index (κ2) is 9.24. The third-order valence-electron chi connectivity index (χ3n) is 2.57. The Labute approximate surface area is 159 Å². The predicted octanol–water partition coefficient (Wildman–Crippen LogP) is 5.27. The van der Waals surface area contributed by atoms with Crippen molar-refractivity contribution in [3.05, 3.63) is 11.6 Å². The SMILES string of the molecule is CCCC=C(C)C(=O)O[Si](O[Si](C)(C)C)(O[Si](C)(C)C)O[Si](C)(C)C. The van der Waals surface area contributed by atoms with Crippen LogP contribution in [0.25, 0.3) is 0 Å². The van der Waals surface area contributed by atoms with Gasteiger partial charge in [0, 0.05) is 5.57 Å². The quantitative estimate of drug-likeness (QED) is 0.355. The number of carbonyl (C=O) groups is 1. The van der Waals surface area contributed by atoms with Gasteiger partial charge in [0.25, 0.3) is 0 Å². The van der Waals surface area contributed by atoms with E-state index in [0.29, 0.717) is 5.57 Å². The molecular weight excluding hydrogens is 385 g/mol. The van der Waals surface area contributed by atoms with Crippen LogP contribution in [0.2, 0.25) is 58.9 Å². The highest BCUT2D eigenvalue weighted by atomic mass is 28.5. The zero-order chi connectivity index (χ0) is 20.1. The van der Waals surface area contributed by atoms with E-state index in [-0.39, 0.29) is 0 Å². The molecule has 0 rings (SSSR count). The first kappa shape index (κ1) is 25.0. The normalized spacial score (nSPS) is 14.6. The van der Waals surface area contributed by atoms with Crippen LogP contribution in [-0.2, 0) is 21.6 Å². The monoisotopic (exact) mass is 422 g/mol. The topological polar surface area (TPSA) is 54.0 Å². The molecule has 0 radical (unpaired) electrons. The van der Waals surface area contributed by atoms with Gasteiger partial charge in [-0.15, -0.1) is 0 Å². The summed E-state index contributed by atoms with van der Waals surface area (Å²) in [5, 5.41) is 0. The van der Waals surface area contributed by atoms with Gasteiger partial charge in [-0.3, -0.25) is 0 Å². The van der Waals surface area contributed by atoms with Crippen molar-refractivity contribution < 1.29 is 21.6 Å². The zero-order valence-corrected chi connectivity index (χ0v) is 22.0. The molecule has 25 heavy (non-hydrogen) atoms. The minimum atomic E-state index is -3.57. The van der Waals surface area contributed by atoms with Crippen molar-refractivity contribution in [3.63, 3.8) is 0 Å². The number of hydrogen-bond acceptors (Lipinski definition) is 5. The molecule has 0 heterocycles. The van der Waals surface area contributed by atoms with Crippen molar-refractivity contribution in [1.82, 2.24) is 0 Å². The van der Waals surface area contributed by atoms with Gasteiger partial charge >= 0.3 is 15.0 Å². The van der Waals surface area contributed by atoms with Crippen LogP contribution in [0.5, 0.6) is 0 Å². The van der Waals surface area contributed by atoms with Gasteiger partial charge in [0.15, 0.2) is 25.0 Å². The molecule has 0 fully saturated rings. The molecule has 0 saturated carbocycles. The largest absolute Gasteiger partial charge is 0.719 e. The first-order valence-corrected chi connectivity index (χ1v) is 20.8. The third-order valence-corrected chi connectivity index (χ3v) is 13.4. The van der Waals surface area contributed by atoms with Crippen LogP contribution in [0.3, 0.4) is 0 Å². The first-order valence-electron chi connectivity index (χ1n) is 8.99. The Morgan fingerprint density at radius 2 is 1.16 bits per heavy atom. The summed E-state index contributed by atoms with van der Waals surface area (Å²) < 4.78 is 24.9. The predicted molar refractivity (Wildman–Crippen MR) is 114 cm³/mol. The van der Waals surface area contributed by atoms with Gasteiger partial charge in [0.1, 0.15) is 0 Å². The van der Waals surface area contributed by atoms with E-state index in [0.717, 1.165) is 12.8 Å². The van der Waals surface area contributed by atoms with Gasteiger partial charge in [-0.25, -0.2) is 4.79 Å². The summed E-state index contributed by atoms with van der Waals surface area (Å²) in [7, 11) is -9.75. The average molecular weight is 423 g/mol. The lowest BCUT2D eigenvalue weighted by Crippen LogP contribution is -2.63. The molecule has 0 amide bonds. The minimum Gasteiger partial charge on any atom is -0.450 e. The molecule has 0 unspecified atom stereocenters. The second-order valence-corrected chi connectivity index (χ2v) is 25.5. The summed E-state index contributed by atoms with van der Waals surface area (Å²) in [6, 6.07) is 0. The lowest BCUT2D eigenvalue weighted by molar-refractivity contribution is -0.135. The highest BCUT2D eigenvalue weighted by molar-refractivity contribution is 6.88. The number of hydrogen-bond donors (Lipinski definition) is 0. The fourth-order valence-corrected chi connectivity index (χ4v) is 13.4.